The van der Waals surface area contributed by atoms with E-state index in [0.717, 1.165) is 5.92 Å². The predicted octanol–water partition coefficient (Wildman–Crippen LogP) is 3.53. The first-order valence-electron chi connectivity index (χ1n) is 4.58. The van der Waals surface area contributed by atoms with Gasteiger partial charge in [0.05, 0.1) is 0 Å². The van der Waals surface area contributed by atoms with Gasteiger partial charge in [-0.05, 0) is 31.6 Å². The van der Waals surface area contributed by atoms with E-state index < -0.39 is 0 Å². The molecule has 0 N–H and O–H groups in total. The molecule has 2 aliphatic carbocycles. The van der Waals surface area contributed by atoms with Gasteiger partial charge >= 0.3 is 0 Å². The summed E-state index contributed by atoms with van der Waals surface area (Å²) in [6.07, 6.45) is 5.74. The zero-order valence-corrected chi connectivity index (χ0v) is 7.41. The minimum Gasteiger partial charge on any atom is -0.0701 e. The Balaban J connectivity index is 0.000000231. The van der Waals surface area contributed by atoms with E-state index in [1.807, 2.05) is 19.4 Å². The summed E-state index contributed by atoms with van der Waals surface area (Å²) in [5.74, 6) is 0.965. The second kappa shape index (κ2) is 3.23. The topological polar surface area (TPSA) is 0 Å². The maximum atomic E-state index is 2.35. The van der Waals surface area contributed by atoms with Crippen LogP contribution >= 0.6 is 0 Å². The van der Waals surface area contributed by atoms with E-state index >= 15 is 0 Å². The van der Waals surface area contributed by atoms with Crippen LogP contribution in [0.2, 0.25) is 0 Å². The molecule has 0 nitrogen and oxygen atoms in total. The Morgan fingerprint density at radius 2 is 1.90 bits per heavy atom. The average molecular weight is 138 g/mol. The average Bonchev–Trinajstić information content (AvgIpc) is 2.34. The summed E-state index contributed by atoms with van der Waals surface area (Å²) < 4.78 is 0. The highest BCUT2D eigenvalue weighted by molar-refractivity contribution is 5.31. The third kappa shape index (κ3) is 1.12. The van der Waals surface area contributed by atoms with Gasteiger partial charge in [0.15, 0.2) is 0 Å². The van der Waals surface area contributed by atoms with Crippen molar-refractivity contribution in [2.24, 2.45) is 5.92 Å². The molecule has 2 aliphatic rings. The van der Waals surface area contributed by atoms with Crippen molar-refractivity contribution in [3.63, 3.8) is 0 Å². The van der Waals surface area contributed by atoms with Crippen LogP contribution < -0.4 is 0 Å². The second-order valence-corrected chi connectivity index (χ2v) is 3.09. The van der Waals surface area contributed by atoms with Crippen LogP contribution in [0, 0.1) is 5.92 Å². The van der Waals surface area contributed by atoms with E-state index in [-0.39, 0.29) is 0 Å². The molecule has 0 aromatic rings. The molecule has 0 saturated heterocycles. The van der Waals surface area contributed by atoms with Crippen molar-refractivity contribution in [2.75, 3.05) is 0 Å². The molecule has 0 aromatic carbocycles. The van der Waals surface area contributed by atoms with Crippen molar-refractivity contribution < 1.29 is 0 Å². The van der Waals surface area contributed by atoms with E-state index in [2.05, 4.69) is 6.92 Å². The molecule has 0 spiro atoms. The van der Waals surface area contributed by atoms with Gasteiger partial charge < -0.3 is 0 Å². The van der Waals surface area contributed by atoms with Crippen LogP contribution in [0.1, 0.15) is 46.5 Å². The fourth-order valence-electron chi connectivity index (χ4n) is 2.02. The molecule has 58 valence electrons. The third-order valence-electron chi connectivity index (χ3n) is 2.53. The Morgan fingerprint density at radius 3 is 2.30 bits per heavy atom. The van der Waals surface area contributed by atoms with E-state index in [4.69, 9.17) is 0 Å². The van der Waals surface area contributed by atoms with Crippen molar-refractivity contribution in [1.29, 1.82) is 0 Å². The van der Waals surface area contributed by atoms with Gasteiger partial charge in [-0.1, -0.05) is 31.9 Å². The Bertz CT molecular complexity index is 142. The van der Waals surface area contributed by atoms with Crippen LogP contribution in [0.5, 0.6) is 0 Å². The highest BCUT2D eigenvalue weighted by Gasteiger charge is 2.28. The fraction of sp³-hybridized carbons (Fsp3) is 0.800. The summed E-state index contributed by atoms with van der Waals surface area (Å²) in [7, 11) is 0. The maximum absolute atomic E-state index is 2.35. The van der Waals surface area contributed by atoms with E-state index in [1.54, 1.807) is 5.57 Å². The van der Waals surface area contributed by atoms with Gasteiger partial charge in [0.1, 0.15) is 0 Å². The van der Waals surface area contributed by atoms with Gasteiger partial charge in [0, 0.05) is 0 Å². The molecule has 0 saturated carbocycles. The monoisotopic (exact) mass is 138 g/mol. The SMILES string of the molecule is CC.CC1CC2=C1CCC2. The first-order valence-corrected chi connectivity index (χ1v) is 4.58. The maximum Gasteiger partial charge on any atom is -0.0192 e. The van der Waals surface area contributed by atoms with Crippen LogP contribution in [0.15, 0.2) is 11.1 Å². The Morgan fingerprint density at radius 1 is 1.20 bits per heavy atom. The number of rotatable bonds is 0. The summed E-state index contributed by atoms with van der Waals surface area (Å²) >= 11 is 0. The molecule has 0 amide bonds. The Kier molecular flexibility index (Phi) is 2.53. The molecule has 0 aromatic heterocycles. The molecular weight excluding hydrogens is 120 g/mol. The highest BCUT2D eigenvalue weighted by Crippen LogP contribution is 2.44. The van der Waals surface area contributed by atoms with E-state index in [0.29, 0.717) is 0 Å². The van der Waals surface area contributed by atoms with Crippen molar-refractivity contribution in [3.05, 3.63) is 11.1 Å². The van der Waals surface area contributed by atoms with Gasteiger partial charge in [0.25, 0.3) is 0 Å². The first-order chi connectivity index (χ1) is 4.88. The largest absolute Gasteiger partial charge is 0.0701 e. The molecule has 0 aliphatic heterocycles. The van der Waals surface area contributed by atoms with E-state index in [9.17, 15) is 0 Å². The molecule has 10 heavy (non-hydrogen) atoms. The molecule has 1 atom stereocenters. The normalized spacial score (nSPS) is 28.5. The lowest BCUT2D eigenvalue weighted by Crippen LogP contribution is -2.10. The van der Waals surface area contributed by atoms with Crippen molar-refractivity contribution >= 4 is 0 Å². The lowest BCUT2D eigenvalue weighted by atomic mass is 9.81. The fourth-order valence-corrected chi connectivity index (χ4v) is 2.02. The molecule has 0 heterocycles. The summed E-state index contributed by atoms with van der Waals surface area (Å²) in [4.78, 5) is 0. The number of hydrogen-bond donors (Lipinski definition) is 0. The summed E-state index contributed by atoms with van der Waals surface area (Å²) in [5, 5.41) is 0. The van der Waals surface area contributed by atoms with Crippen LogP contribution in [-0.2, 0) is 0 Å². The van der Waals surface area contributed by atoms with Gasteiger partial charge in [-0.3, -0.25) is 0 Å². The zero-order chi connectivity index (χ0) is 7.56. The smallest absolute Gasteiger partial charge is 0.0192 e. The van der Waals surface area contributed by atoms with Gasteiger partial charge in [-0.2, -0.15) is 0 Å². The highest BCUT2D eigenvalue weighted by atomic mass is 14.3. The van der Waals surface area contributed by atoms with Crippen LogP contribution in [-0.4, -0.2) is 0 Å². The molecule has 0 heteroatoms. The molecule has 0 bridgehead atoms. The molecule has 0 radical (unpaired) electrons. The van der Waals surface area contributed by atoms with Gasteiger partial charge in [-0.15, -0.1) is 0 Å². The minimum atomic E-state index is 0.965. The van der Waals surface area contributed by atoms with Crippen LogP contribution in [0.4, 0.5) is 0 Å². The van der Waals surface area contributed by atoms with Gasteiger partial charge in [-0.25, -0.2) is 0 Å². The Hall–Kier alpha value is -0.260. The quantitative estimate of drug-likeness (QED) is 0.449. The predicted molar refractivity (Wildman–Crippen MR) is 46.0 cm³/mol. The van der Waals surface area contributed by atoms with E-state index in [1.165, 1.54) is 25.7 Å². The lowest BCUT2D eigenvalue weighted by molar-refractivity contribution is 0.583. The molecular formula is C10H18. The van der Waals surface area contributed by atoms with Crippen LogP contribution in [0.25, 0.3) is 0 Å². The van der Waals surface area contributed by atoms with Crippen molar-refractivity contribution in [1.82, 2.24) is 0 Å². The number of allylic oxidation sites excluding steroid dienone is 2. The standard InChI is InChI=1S/C8H12.C2H6/c1-6-5-7-3-2-4-8(6)7;1-2/h6H,2-5H2,1H3;1-2H3. The summed E-state index contributed by atoms with van der Waals surface area (Å²) in [5.41, 5.74) is 3.61. The molecule has 0 fully saturated rings. The Labute approximate surface area is 64.3 Å². The zero-order valence-electron chi connectivity index (χ0n) is 7.41. The third-order valence-corrected chi connectivity index (χ3v) is 2.53. The second-order valence-electron chi connectivity index (χ2n) is 3.09. The number of hydrogen-bond acceptors (Lipinski definition) is 0. The van der Waals surface area contributed by atoms with Crippen LogP contribution in [0.3, 0.4) is 0 Å². The van der Waals surface area contributed by atoms with Crippen molar-refractivity contribution in [2.45, 2.75) is 46.5 Å². The van der Waals surface area contributed by atoms with Crippen molar-refractivity contribution in [3.8, 4) is 0 Å². The summed E-state index contributed by atoms with van der Waals surface area (Å²) in [6, 6.07) is 0. The first kappa shape index (κ1) is 7.84. The lowest BCUT2D eigenvalue weighted by Gasteiger charge is -2.25. The molecule has 2 rings (SSSR count). The minimum absolute atomic E-state index is 0.965. The molecule has 1 unspecified atom stereocenters. The van der Waals surface area contributed by atoms with Gasteiger partial charge in [0.2, 0.25) is 0 Å². The summed E-state index contributed by atoms with van der Waals surface area (Å²) in [6.45, 7) is 6.35.